The summed E-state index contributed by atoms with van der Waals surface area (Å²) in [6, 6.07) is 12.9. The summed E-state index contributed by atoms with van der Waals surface area (Å²) in [7, 11) is -4.06. The fraction of sp³-hybridized carbons (Fsp3) is 0.235. The molecule has 0 bridgehead atoms. The lowest BCUT2D eigenvalue weighted by molar-refractivity contribution is 0.0839. The summed E-state index contributed by atoms with van der Waals surface area (Å²) in [4.78, 5) is 12.1. The third kappa shape index (κ3) is 3.61. The van der Waals surface area contributed by atoms with E-state index >= 15 is 0 Å². The van der Waals surface area contributed by atoms with Crippen LogP contribution in [0.3, 0.4) is 0 Å². The van der Waals surface area contributed by atoms with Gasteiger partial charge in [0.25, 0.3) is 10.0 Å². The molecule has 0 spiro atoms. The van der Waals surface area contributed by atoms with Crippen LogP contribution in [0.25, 0.3) is 0 Å². The van der Waals surface area contributed by atoms with Gasteiger partial charge in [-0.2, -0.15) is 4.31 Å². The lowest BCUT2D eigenvalue weighted by Gasteiger charge is -2.37. The number of amides is 1. The van der Waals surface area contributed by atoms with Crippen molar-refractivity contribution < 1.29 is 17.9 Å². The number of hydrogen-bond acceptors (Lipinski definition) is 4. The normalized spacial score (nSPS) is 21.1. The molecule has 0 radical (unpaired) electrons. The van der Waals surface area contributed by atoms with Gasteiger partial charge in [-0.3, -0.25) is 0 Å². The van der Waals surface area contributed by atoms with Crippen LogP contribution in [0.15, 0.2) is 57.9 Å². The predicted octanol–water partition coefficient (Wildman–Crippen LogP) is 4.40. The Morgan fingerprint density at radius 3 is 2.48 bits per heavy atom. The summed E-state index contributed by atoms with van der Waals surface area (Å²) >= 11 is 6.85. The molecule has 2 atom stereocenters. The molecular weight excluding hydrogens is 474 g/mol. The van der Waals surface area contributed by atoms with Crippen LogP contribution in [0.4, 0.5) is 4.79 Å². The first-order valence-corrected chi connectivity index (χ1v) is 10.6. The second-order valence-corrected chi connectivity index (χ2v) is 9.61. The molecule has 8 heteroatoms. The summed E-state index contributed by atoms with van der Waals surface area (Å²) < 4.78 is 32.9. The van der Waals surface area contributed by atoms with Crippen LogP contribution >= 0.6 is 31.9 Å². The number of halogens is 2. The molecule has 3 rings (SSSR count). The highest BCUT2D eigenvalue weighted by atomic mass is 79.9. The van der Waals surface area contributed by atoms with Gasteiger partial charge >= 0.3 is 6.09 Å². The minimum atomic E-state index is -4.06. The Bertz CT molecular complexity index is 899. The molecule has 0 saturated carbocycles. The Balaban J connectivity index is 2.11. The molecule has 25 heavy (non-hydrogen) atoms. The molecule has 1 aliphatic heterocycles. The Kier molecular flexibility index (Phi) is 5.22. The maximum atomic E-state index is 13.1. The van der Waals surface area contributed by atoms with E-state index in [9.17, 15) is 13.2 Å². The molecule has 2 aromatic carbocycles. The molecule has 132 valence electrons. The van der Waals surface area contributed by atoms with Gasteiger partial charge in [0, 0.05) is 4.47 Å². The Hall–Kier alpha value is -1.38. The summed E-state index contributed by atoms with van der Waals surface area (Å²) in [6.07, 6.45) is -0.874. The second-order valence-electron chi connectivity index (χ2n) is 5.71. The molecule has 0 N–H and O–H groups in total. The van der Waals surface area contributed by atoms with E-state index in [1.807, 2.05) is 13.0 Å². The van der Waals surface area contributed by atoms with Crippen LogP contribution in [0.2, 0.25) is 0 Å². The molecule has 1 fully saturated rings. The zero-order chi connectivity index (χ0) is 18.2. The molecule has 1 aliphatic rings. The van der Waals surface area contributed by atoms with Crippen molar-refractivity contribution in [3.05, 3.63) is 64.1 Å². The van der Waals surface area contributed by atoms with Crippen molar-refractivity contribution in [2.45, 2.75) is 22.7 Å². The van der Waals surface area contributed by atoms with Crippen molar-refractivity contribution in [3.63, 3.8) is 0 Å². The molecule has 0 aromatic heterocycles. The highest BCUT2D eigenvalue weighted by Gasteiger charge is 2.45. The van der Waals surface area contributed by atoms with Crippen molar-refractivity contribution in [1.82, 2.24) is 4.31 Å². The van der Waals surface area contributed by atoms with Gasteiger partial charge in [-0.15, -0.1) is 0 Å². The van der Waals surface area contributed by atoms with Crippen LogP contribution in [0.1, 0.15) is 17.2 Å². The number of ether oxygens (including phenoxy) is 1. The number of carbonyl (C=O) groups is 1. The summed E-state index contributed by atoms with van der Waals surface area (Å²) in [5.41, 5.74) is 1.63. The Morgan fingerprint density at radius 2 is 1.84 bits per heavy atom. The van der Waals surface area contributed by atoms with Crippen LogP contribution in [0, 0.1) is 6.92 Å². The first-order chi connectivity index (χ1) is 11.8. The van der Waals surface area contributed by atoms with Crippen molar-refractivity contribution in [1.29, 1.82) is 0 Å². The monoisotopic (exact) mass is 487 g/mol. The van der Waals surface area contributed by atoms with Gasteiger partial charge in [-0.1, -0.05) is 61.7 Å². The van der Waals surface area contributed by atoms with Gasteiger partial charge in [-0.25, -0.2) is 13.2 Å². The second kappa shape index (κ2) is 7.09. The fourth-order valence-electron chi connectivity index (χ4n) is 2.67. The smallest absolute Gasteiger partial charge is 0.424 e. The Labute approximate surface area is 163 Å². The van der Waals surface area contributed by atoms with E-state index in [2.05, 4.69) is 31.9 Å². The highest BCUT2D eigenvalue weighted by molar-refractivity contribution is 9.10. The van der Waals surface area contributed by atoms with Gasteiger partial charge in [0.1, 0.15) is 6.61 Å². The van der Waals surface area contributed by atoms with Crippen LogP contribution < -0.4 is 0 Å². The summed E-state index contributed by atoms with van der Waals surface area (Å²) in [5, 5.41) is 0. The number of cyclic esters (lactones) is 1. The first-order valence-electron chi connectivity index (χ1n) is 7.48. The number of alkyl halides is 1. The Morgan fingerprint density at radius 1 is 1.16 bits per heavy atom. The van der Waals surface area contributed by atoms with E-state index in [0.29, 0.717) is 5.56 Å². The average molecular weight is 489 g/mol. The molecule has 0 unspecified atom stereocenters. The average Bonchev–Trinajstić information content (AvgIpc) is 2.57. The third-order valence-electron chi connectivity index (χ3n) is 3.91. The minimum Gasteiger partial charge on any atom is -0.447 e. The molecular formula is C17H15Br2NO4S. The predicted molar refractivity (Wildman–Crippen MR) is 101 cm³/mol. The van der Waals surface area contributed by atoms with E-state index in [0.717, 1.165) is 14.3 Å². The standard InChI is InChI=1S/C17H15Br2NO4S/c1-11-5-7-14(8-6-11)25(22,23)20-16(15(19)10-24-17(20)21)12-3-2-4-13(18)9-12/h2-9,15-16H,10H2,1H3/t15-,16+/m0/s1. The van der Waals surface area contributed by atoms with Crippen LogP contribution in [0.5, 0.6) is 0 Å². The van der Waals surface area contributed by atoms with E-state index in [1.165, 1.54) is 12.1 Å². The number of aryl methyl sites for hydroxylation is 1. The summed E-state index contributed by atoms with van der Waals surface area (Å²) in [5.74, 6) is 0. The maximum Gasteiger partial charge on any atom is 0.424 e. The van der Waals surface area contributed by atoms with Crippen molar-refractivity contribution in [2.24, 2.45) is 0 Å². The quantitative estimate of drug-likeness (QED) is 0.600. The third-order valence-corrected chi connectivity index (χ3v) is 6.93. The van der Waals surface area contributed by atoms with E-state index in [1.54, 1.807) is 30.3 Å². The highest BCUT2D eigenvalue weighted by Crippen LogP contribution is 2.38. The number of sulfonamides is 1. The van der Waals surface area contributed by atoms with Crippen LogP contribution in [-0.4, -0.2) is 30.3 Å². The van der Waals surface area contributed by atoms with E-state index < -0.39 is 22.2 Å². The maximum absolute atomic E-state index is 13.1. The van der Waals surface area contributed by atoms with Gasteiger partial charge in [0.05, 0.1) is 15.8 Å². The topological polar surface area (TPSA) is 63.7 Å². The lowest BCUT2D eigenvalue weighted by Crippen LogP contribution is -2.49. The van der Waals surface area contributed by atoms with Gasteiger partial charge in [0.2, 0.25) is 0 Å². The molecule has 0 aliphatic carbocycles. The molecule has 2 aromatic rings. The summed E-state index contributed by atoms with van der Waals surface area (Å²) in [6.45, 7) is 1.96. The van der Waals surface area contributed by atoms with Crippen molar-refractivity contribution >= 4 is 48.0 Å². The fourth-order valence-corrected chi connectivity index (χ4v) is 5.44. The van der Waals surface area contributed by atoms with Crippen molar-refractivity contribution in [3.8, 4) is 0 Å². The zero-order valence-corrected chi connectivity index (χ0v) is 17.2. The molecule has 1 heterocycles. The van der Waals surface area contributed by atoms with E-state index in [4.69, 9.17) is 4.74 Å². The molecule has 1 amide bonds. The van der Waals surface area contributed by atoms with Crippen LogP contribution in [-0.2, 0) is 14.8 Å². The van der Waals surface area contributed by atoms with Crippen molar-refractivity contribution in [2.75, 3.05) is 6.61 Å². The largest absolute Gasteiger partial charge is 0.447 e. The zero-order valence-electron chi connectivity index (χ0n) is 13.2. The van der Waals surface area contributed by atoms with E-state index in [-0.39, 0.29) is 16.3 Å². The van der Waals surface area contributed by atoms with Gasteiger partial charge in [0.15, 0.2) is 0 Å². The first kappa shape index (κ1) is 18.4. The number of nitrogens with zero attached hydrogens (tertiary/aromatic N) is 1. The van der Waals surface area contributed by atoms with Gasteiger partial charge in [-0.05, 0) is 36.8 Å². The SMILES string of the molecule is Cc1ccc(S(=O)(=O)N2C(=O)OC[C@H](Br)[C@H]2c2cccc(Br)c2)cc1. The number of benzene rings is 2. The number of rotatable bonds is 3. The molecule has 5 nitrogen and oxygen atoms in total. The minimum absolute atomic E-state index is 0.0525. The van der Waals surface area contributed by atoms with Gasteiger partial charge < -0.3 is 4.74 Å². The number of carbonyl (C=O) groups excluding carboxylic acids is 1. The lowest BCUT2D eigenvalue weighted by atomic mass is 10.0. The number of hydrogen-bond donors (Lipinski definition) is 0. The molecule has 1 saturated heterocycles.